The van der Waals surface area contributed by atoms with Crippen molar-refractivity contribution >= 4 is 26.7 Å². The molecule has 5 heteroatoms. The summed E-state index contributed by atoms with van der Waals surface area (Å²) in [5, 5.41) is 11.0. The maximum atomic E-state index is 13.1. The van der Waals surface area contributed by atoms with E-state index in [9.17, 15) is 9.50 Å². The van der Waals surface area contributed by atoms with Crippen molar-refractivity contribution in [3.05, 3.63) is 64.5 Å². The SMILES string of the molecule is OCc1cnc(Oc2ccc(F)cc2Br)c2ccccc12. The Morgan fingerprint density at radius 3 is 2.62 bits per heavy atom. The molecule has 0 saturated heterocycles. The van der Waals surface area contributed by atoms with Crippen LogP contribution in [0.5, 0.6) is 11.6 Å². The van der Waals surface area contributed by atoms with Crippen molar-refractivity contribution in [1.82, 2.24) is 4.98 Å². The van der Waals surface area contributed by atoms with E-state index in [1.165, 1.54) is 18.2 Å². The van der Waals surface area contributed by atoms with E-state index in [-0.39, 0.29) is 12.4 Å². The second kappa shape index (κ2) is 5.79. The highest BCUT2D eigenvalue weighted by molar-refractivity contribution is 9.10. The molecule has 3 aromatic rings. The highest BCUT2D eigenvalue weighted by Crippen LogP contribution is 2.33. The molecule has 0 atom stereocenters. The lowest BCUT2D eigenvalue weighted by molar-refractivity contribution is 0.282. The first-order chi connectivity index (χ1) is 10.2. The normalized spacial score (nSPS) is 10.8. The van der Waals surface area contributed by atoms with Crippen LogP contribution in [-0.2, 0) is 6.61 Å². The van der Waals surface area contributed by atoms with E-state index in [4.69, 9.17) is 4.74 Å². The fourth-order valence-electron chi connectivity index (χ4n) is 2.09. The van der Waals surface area contributed by atoms with Crippen LogP contribution in [0, 0.1) is 5.82 Å². The molecule has 1 N–H and O–H groups in total. The van der Waals surface area contributed by atoms with Crippen molar-refractivity contribution in [1.29, 1.82) is 0 Å². The standard InChI is InChI=1S/C16H11BrFNO2/c17-14-7-11(18)5-6-15(14)21-16-13-4-2-1-3-12(13)10(9-20)8-19-16/h1-8,20H,9H2. The first-order valence-corrected chi connectivity index (χ1v) is 7.08. The summed E-state index contributed by atoms with van der Waals surface area (Å²) in [4.78, 5) is 4.24. The highest BCUT2D eigenvalue weighted by atomic mass is 79.9. The maximum Gasteiger partial charge on any atom is 0.227 e. The fourth-order valence-corrected chi connectivity index (χ4v) is 2.53. The van der Waals surface area contributed by atoms with E-state index in [0.717, 1.165) is 16.3 Å². The second-order valence-electron chi connectivity index (χ2n) is 4.47. The molecule has 0 unspecified atom stereocenters. The number of aliphatic hydroxyl groups excluding tert-OH is 1. The molecule has 106 valence electrons. The number of pyridine rings is 1. The van der Waals surface area contributed by atoms with Gasteiger partial charge in [-0.1, -0.05) is 18.2 Å². The molecule has 0 spiro atoms. The minimum Gasteiger partial charge on any atom is -0.437 e. The Morgan fingerprint density at radius 2 is 1.90 bits per heavy atom. The maximum absolute atomic E-state index is 13.1. The van der Waals surface area contributed by atoms with Gasteiger partial charge in [-0.25, -0.2) is 9.37 Å². The molecule has 0 aliphatic carbocycles. The predicted molar refractivity (Wildman–Crippen MR) is 81.8 cm³/mol. The molecule has 1 heterocycles. The van der Waals surface area contributed by atoms with Gasteiger partial charge in [-0.2, -0.15) is 0 Å². The molecule has 0 aliphatic rings. The van der Waals surface area contributed by atoms with Crippen molar-refractivity contribution in [3.8, 4) is 11.6 Å². The van der Waals surface area contributed by atoms with Crippen LogP contribution in [0.3, 0.4) is 0 Å². The van der Waals surface area contributed by atoms with E-state index in [1.54, 1.807) is 6.20 Å². The largest absolute Gasteiger partial charge is 0.437 e. The molecule has 0 saturated carbocycles. The molecular weight excluding hydrogens is 337 g/mol. The van der Waals surface area contributed by atoms with Gasteiger partial charge >= 0.3 is 0 Å². The monoisotopic (exact) mass is 347 g/mol. The molecule has 0 fully saturated rings. The van der Waals surface area contributed by atoms with Crippen LogP contribution in [0.1, 0.15) is 5.56 Å². The number of rotatable bonds is 3. The van der Waals surface area contributed by atoms with Gasteiger partial charge in [-0.3, -0.25) is 0 Å². The lowest BCUT2D eigenvalue weighted by Crippen LogP contribution is -1.94. The van der Waals surface area contributed by atoms with Gasteiger partial charge in [0.2, 0.25) is 5.88 Å². The first-order valence-electron chi connectivity index (χ1n) is 6.29. The van der Waals surface area contributed by atoms with Gasteiger partial charge in [0.25, 0.3) is 0 Å². The van der Waals surface area contributed by atoms with Gasteiger partial charge in [0.15, 0.2) is 0 Å². The first kappa shape index (κ1) is 14.0. The Labute approximate surface area is 129 Å². The average Bonchev–Trinajstić information content (AvgIpc) is 2.50. The molecule has 3 nitrogen and oxygen atoms in total. The van der Waals surface area contributed by atoms with Gasteiger partial charge < -0.3 is 9.84 Å². The van der Waals surface area contributed by atoms with Crippen LogP contribution >= 0.6 is 15.9 Å². The van der Waals surface area contributed by atoms with Gasteiger partial charge in [0.05, 0.1) is 11.1 Å². The van der Waals surface area contributed by atoms with Crippen LogP contribution in [0.2, 0.25) is 0 Å². The van der Waals surface area contributed by atoms with E-state index in [0.29, 0.717) is 16.1 Å². The Hall–Kier alpha value is -1.98. The number of aromatic nitrogens is 1. The summed E-state index contributed by atoms with van der Waals surface area (Å²) in [6.45, 7) is -0.0892. The van der Waals surface area contributed by atoms with E-state index in [1.807, 2.05) is 24.3 Å². The van der Waals surface area contributed by atoms with Crippen molar-refractivity contribution < 1.29 is 14.2 Å². The zero-order valence-corrected chi connectivity index (χ0v) is 12.5. The summed E-state index contributed by atoms with van der Waals surface area (Å²) in [5.74, 6) is 0.545. The van der Waals surface area contributed by atoms with Crippen molar-refractivity contribution in [2.24, 2.45) is 0 Å². The smallest absolute Gasteiger partial charge is 0.227 e. The molecule has 2 aromatic carbocycles. The number of hydrogen-bond donors (Lipinski definition) is 1. The average molecular weight is 348 g/mol. The number of benzene rings is 2. The minimum absolute atomic E-state index is 0.0892. The van der Waals surface area contributed by atoms with Crippen LogP contribution in [0.25, 0.3) is 10.8 Å². The number of ether oxygens (including phenoxy) is 1. The predicted octanol–water partition coefficient (Wildman–Crippen LogP) is 4.42. The van der Waals surface area contributed by atoms with Gasteiger partial charge in [0.1, 0.15) is 11.6 Å². The Kier molecular flexibility index (Phi) is 3.86. The molecule has 0 radical (unpaired) electrons. The summed E-state index contributed by atoms with van der Waals surface area (Å²) >= 11 is 3.26. The Bertz CT molecular complexity index is 807. The zero-order chi connectivity index (χ0) is 14.8. The number of fused-ring (bicyclic) bond motifs is 1. The lowest BCUT2D eigenvalue weighted by Gasteiger charge is -2.11. The topological polar surface area (TPSA) is 42.4 Å². The molecule has 0 bridgehead atoms. The molecule has 1 aromatic heterocycles. The quantitative estimate of drug-likeness (QED) is 0.762. The lowest BCUT2D eigenvalue weighted by atomic mass is 10.1. The molecule has 0 aliphatic heterocycles. The molecule has 0 amide bonds. The van der Waals surface area contributed by atoms with Crippen LogP contribution in [-0.4, -0.2) is 10.1 Å². The van der Waals surface area contributed by atoms with E-state index < -0.39 is 0 Å². The summed E-state index contributed by atoms with van der Waals surface area (Å²) in [7, 11) is 0. The summed E-state index contributed by atoms with van der Waals surface area (Å²) in [6, 6.07) is 11.7. The van der Waals surface area contributed by atoms with Crippen molar-refractivity contribution in [2.75, 3.05) is 0 Å². The van der Waals surface area contributed by atoms with Gasteiger partial charge in [0, 0.05) is 17.1 Å². The number of aliphatic hydroxyl groups is 1. The van der Waals surface area contributed by atoms with Crippen LogP contribution < -0.4 is 4.74 Å². The van der Waals surface area contributed by atoms with Gasteiger partial charge in [-0.05, 0) is 45.6 Å². The van der Waals surface area contributed by atoms with E-state index >= 15 is 0 Å². The Morgan fingerprint density at radius 1 is 1.14 bits per heavy atom. The third-order valence-electron chi connectivity index (χ3n) is 3.11. The zero-order valence-electron chi connectivity index (χ0n) is 10.9. The highest BCUT2D eigenvalue weighted by Gasteiger charge is 2.10. The van der Waals surface area contributed by atoms with Crippen molar-refractivity contribution in [2.45, 2.75) is 6.61 Å². The number of halogens is 2. The molecular formula is C16H11BrFNO2. The van der Waals surface area contributed by atoms with Crippen LogP contribution in [0.4, 0.5) is 4.39 Å². The second-order valence-corrected chi connectivity index (χ2v) is 5.32. The third kappa shape index (κ3) is 2.75. The minimum atomic E-state index is -0.345. The van der Waals surface area contributed by atoms with Gasteiger partial charge in [-0.15, -0.1) is 0 Å². The number of hydrogen-bond acceptors (Lipinski definition) is 3. The fraction of sp³-hybridized carbons (Fsp3) is 0.0625. The molecule has 3 rings (SSSR count). The molecule has 21 heavy (non-hydrogen) atoms. The van der Waals surface area contributed by atoms with Crippen molar-refractivity contribution in [3.63, 3.8) is 0 Å². The van der Waals surface area contributed by atoms with Crippen LogP contribution in [0.15, 0.2) is 53.1 Å². The number of nitrogens with zero attached hydrogens (tertiary/aromatic N) is 1. The summed E-state index contributed by atoms with van der Waals surface area (Å²) in [6.07, 6.45) is 1.58. The summed E-state index contributed by atoms with van der Waals surface area (Å²) in [5.41, 5.74) is 0.733. The Balaban J connectivity index is 2.09. The van der Waals surface area contributed by atoms with E-state index in [2.05, 4.69) is 20.9 Å². The third-order valence-corrected chi connectivity index (χ3v) is 3.73. The summed E-state index contributed by atoms with van der Waals surface area (Å²) < 4.78 is 19.4.